The maximum Gasteiger partial charge on any atom is 0.331 e. The Kier molecular flexibility index (Phi) is 1.99. The SMILES string of the molecule is COC(=O)[C@@]12CCCN1C(=O)[C@H](N)C2. The number of nitrogens with zero attached hydrogens (tertiary/aromatic N) is 1. The summed E-state index contributed by atoms with van der Waals surface area (Å²) in [4.78, 5) is 24.8. The molecule has 0 aliphatic carbocycles. The van der Waals surface area contributed by atoms with Crippen molar-refractivity contribution in [2.75, 3.05) is 13.7 Å². The van der Waals surface area contributed by atoms with Gasteiger partial charge in [0, 0.05) is 13.0 Å². The van der Waals surface area contributed by atoms with Crippen LogP contribution < -0.4 is 5.73 Å². The minimum absolute atomic E-state index is 0.118. The molecule has 5 nitrogen and oxygen atoms in total. The molecule has 2 atom stereocenters. The zero-order valence-corrected chi connectivity index (χ0v) is 8.16. The van der Waals surface area contributed by atoms with Crippen LogP contribution in [0.5, 0.6) is 0 Å². The molecule has 1 amide bonds. The van der Waals surface area contributed by atoms with Gasteiger partial charge in [-0.3, -0.25) is 4.79 Å². The highest BCUT2D eigenvalue weighted by Gasteiger charge is 2.57. The van der Waals surface area contributed by atoms with E-state index in [-0.39, 0.29) is 11.9 Å². The van der Waals surface area contributed by atoms with Gasteiger partial charge in [0.25, 0.3) is 0 Å². The first-order chi connectivity index (χ1) is 6.62. The van der Waals surface area contributed by atoms with E-state index >= 15 is 0 Å². The number of carbonyl (C=O) groups excluding carboxylic acids is 2. The first-order valence-electron chi connectivity index (χ1n) is 4.77. The Bertz CT molecular complexity index is 292. The lowest BCUT2D eigenvalue weighted by molar-refractivity contribution is -0.155. The number of ether oxygens (including phenoxy) is 1. The fourth-order valence-corrected chi connectivity index (χ4v) is 2.55. The molecule has 0 bridgehead atoms. The molecule has 0 aromatic carbocycles. The smallest absolute Gasteiger partial charge is 0.331 e. The van der Waals surface area contributed by atoms with E-state index in [4.69, 9.17) is 10.5 Å². The molecule has 0 spiro atoms. The third kappa shape index (κ3) is 0.987. The highest BCUT2D eigenvalue weighted by Crippen LogP contribution is 2.39. The number of carbonyl (C=O) groups is 2. The molecular formula is C9H14N2O3. The van der Waals surface area contributed by atoms with E-state index in [9.17, 15) is 9.59 Å². The largest absolute Gasteiger partial charge is 0.467 e. The highest BCUT2D eigenvalue weighted by molar-refractivity contribution is 5.95. The van der Waals surface area contributed by atoms with Gasteiger partial charge in [0.1, 0.15) is 5.54 Å². The lowest BCUT2D eigenvalue weighted by atomic mass is 9.93. The van der Waals surface area contributed by atoms with Crippen molar-refractivity contribution in [1.82, 2.24) is 4.90 Å². The molecule has 2 N–H and O–H groups in total. The molecule has 0 saturated carbocycles. The van der Waals surface area contributed by atoms with Crippen LogP contribution in [0.15, 0.2) is 0 Å². The van der Waals surface area contributed by atoms with E-state index in [2.05, 4.69) is 0 Å². The Labute approximate surface area is 82.2 Å². The van der Waals surface area contributed by atoms with E-state index in [1.54, 1.807) is 4.90 Å². The molecule has 2 aliphatic heterocycles. The second kappa shape index (κ2) is 2.95. The summed E-state index contributed by atoms with van der Waals surface area (Å²) in [5, 5.41) is 0. The van der Waals surface area contributed by atoms with Gasteiger partial charge in [0.05, 0.1) is 13.2 Å². The van der Waals surface area contributed by atoms with E-state index in [1.165, 1.54) is 7.11 Å². The first kappa shape index (κ1) is 9.45. The minimum atomic E-state index is -0.745. The molecule has 0 aromatic heterocycles. The van der Waals surface area contributed by atoms with Crippen molar-refractivity contribution >= 4 is 11.9 Å². The summed E-state index contributed by atoms with van der Waals surface area (Å²) >= 11 is 0. The molecule has 5 heteroatoms. The molecule has 78 valence electrons. The van der Waals surface area contributed by atoms with E-state index in [0.29, 0.717) is 19.4 Å². The van der Waals surface area contributed by atoms with Gasteiger partial charge in [-0.2, -0.15) is 0 Å². The molecule has 14 heavy (non-hydrogen) atoms. The first-order valence-corrected chi connectivity index (χ1v) is 4.77. The summed E-state index contributed by atoms with van der Waals surface area (Å²) in [6.07, 6.45) is 1.94. The van der Waals surface area contributed by atoms with Gasteiger partial charge in [-0.15, -0.1) is 0 Å². The predicted molar refractivity (Wildman–Crippen MR) is 48.3 cm³/mol. The fourth-order valence-electron chi connectivity index (χ4n) is 2.55. The Hall–Kier alpha value is -1.10. The van der Waals surface area contributed by atoms with E-state index in [0.717, 1.165) is 6.42 Å². The second-order valence-corrected chi connectivity index (χ2v) is 3.93. The van der Waals surface area contributed by atoms with Gasteiger partial charge in [-0.1, -0.05) is 0 Å². The lowest BCUT2D eigenvalue weighted by Crippen LogP contribution is -2.47. The number of amides is 1. The average molecular weight is 198 g/mol. The predicted octanol–water partition coefficient (Wildman–Crippen LogP) is -0.748. The zero-order valence-electron chi connectivity index (χ0n) is 8.16. The molecule has 0 unspecified atom stereocenters. The second-order valence-electron chi connectivity index (χ2n) is 3.93. The van der Waals surface area contributed by atoms with Crippen LogP contribution in [0.4, 0.5) is 0 Å². The Balaban J connectivity index is 2.33. The van der Waals surface area contributed by atoms with Crippen molar-refractivity contribution in [2.45, 2.75) is 30.8 Å². The maximum atomic E-state index is 11.6. The summed E-state index contributed by atoms with van der Waals surface area (Å²) in [7, 11) is 1.35. The topological polar surface area (TPSA) is 72.6 Å². The third-order valence-corrected chi connectivity index (χ3v) is 3.19. The summed E-state index contributed by atoms with van der Waals surface area (Å²) < 4.78 is 4.75. The highest BCUT2D eigenvalue weighted by atomic mass is 16.5. The van der Waals surface area contributed by atoms with Gasteiger partial charge in [-0.25, -0.2) is 4.79 Å². The van der Waals surface area contributed by atoms with Gasteiger partial charge in [0.15, 0.2) is 0 Å². The van der Waals surface area contributed by atoms with Gasteiger partial charge in [0.2, 0.25) is 5.91 Å². The van der Waals surface area contributed by atoms with E-state index in [1.807, 2.05) is 0 Å². The molecule has 2 heterocycles. The molecule has 2 fully saturated rings. The van der Waals surface area contributed by atoms with E-state index < -0.39 is 11.6 Å². The van der Waals surface area contributed by atoms with Crippen molar-refractivity contribution in [3.63, 3.8) is 0 Å². The lowest BCUT2D eigenvalue weighted by Gasteiger charge is -2.28. The van der Waals surface area contributed by atoms with Crippen molar-refractivity contribution in [2.24, 2.45) is 5.73 Å². The van der Waals surface area contributed by atoms with Crippen LogP contribution in [0.3, 0.4) is 0 Å². The summed E-state index contributed by atoms with van der Waals surface area (Å²) in [6.45, 7) is 0.627. The van der Waals surface area contributed by atoms with Crippen LogP contribution in [0.25, 0.3) is 0 Å². The fraction of sp³-hybridized carbons (Fsp3) is 0.778. The van der Waals surface area contributed by atoms with Crippen molar-refractivity contribution in [3.8, 4) is 0 Å². The number of hydrogen-bond donors (Lipinski definition) is 1. The van der Waals surface area contributed by atoms with Crippen LogP contribution in [-0.2, 0) is 14.3 Å². The van der Waals surface area contributed by atoms with Crippen molar-refractivity contribution < 1.29 is 14.3 Å². The van der Waals surface area contributed by atoms with Crippen LogP contribution >= 0.6 is 0 Å². The molecular weight excluding hydrogens is 184 g/mol. The zero-order chi connectivity index (χ0) is 10.3. The Morgan fingerprint density at radius 1 is 1.71 bits per heavy atom. The van der Waals surface area contributed by atoms with Crippen LogP contribution in [0, 0.1) is 0 Å². The standard InChI is InChI=1S/C9H14N2O3/c1-14-8(13)9-3-2-4-11(9)7(12)6(10)5-9/h6H,2-5,10H2,1H3/t6-,9+/m1/s1. The number of esters is 1. The monoisotopic (exact) mass is 198 g/mol. The van der Waals surface area contributed by atoms with Crippen LogP contribution in [0.2, 0.25) is 0 Å². The number of nitrogens with two attached hydrogens (primary N) is 1. The minimum Gasteiger partial charge on any atom is -0.467 e. The average Bonchev–Trinajstić information content (AvgIpc) is 2.68. The van der Waals surface area contributed by atoms with Crippen LogP contribution in [-0.4, -0.2) is 42.0 Å². The third-order valence-electron chi connectivity index (χ3n) is 3.19. The molecule has 2 aliphatic rings. The van der Waals surface area contributed by atoms with Gasteiger partial charge in [-0.05, 0) is 12.8 Å². The van der Waals surface area contributed by atoms with Gasteiger partial charge < -0.3 is 15.4 Å². The summed E-state index contributed by atoms with van der Waals surface area (Å²) in [5.41, 5.74) is 4.90. The van der Waals surface area contributed by atoms with Crippen molar-refractivity contribution in [3.05, 3.63) is 0 Å². The summed E-state index contributed by atoms with van der Waals surface area (Å²) in [6, 6.07) is -0.533. The van der Waals surface area contributed by atoms with Crippen molar-refractivity contribution in [1.29, 1.82) is 0 Å². The normalized spacial score (nSPS) is 36.0. The number of fused-ring (bicyclic) bond motifs is 1. The van der Waals surface area contributed by atoms with Gasteiger partial charge >= 0.3 is 5.97 Å². The number of hydrogen-bond acceptors (Lipinski definition) is 4. The molecule has 0 radical (unpaired) electrons. The number of rotatable bonds is 1. The Morgan fingerprint density at radius 3 is 3.07 bits per heavy atom. The molecule has 0 aromatic rings. The summed E-state index contributed by atoms with van der Waals surface area (Å²) in [5.74, 6) is -0.441. The molecule has 2 saturated heterocycles. The number of methoxy groups -OCH3 is 1. The molecule has 2 rings (SSSR count). The maximum absolute atomic E-state index is 11.6. The quantitative estimate of drug-likeness (QED) is 0.563. The van der Waals surface area contributed by atoms with Crippen LogP contribution in [0.1, 0.15) is 19.3 Å². The Morgan fingerprint density at radius 2 is 2.43 bits per heavy atom.